The van der Waals surface area contributed by atoms with Crippen LogP contribution in [-0.4, -0.2) is 25.0 Å². The Hall–Kier alpha value is -0.870. The summed E-state index contributed by atoms with van der Waals surface area (Å²) in [6.45, 7) is 2.00. The highest BCUT2D eigenvalue weighted by Gasteiger charge is 2.29. The van der Waals surface area contributed by atoms with Gasteiger partial charge in [-0.3, -0.25) is 0 Å². The first-order valence-electron chi connectivity index (χ1n) is 5.91. The molecule has 1 fully saturated rings. The fraction of sp³-hybridized carbons (Fsp3) is 0.538. The first-order valence-corrected chi connectivity index (χ1v) is 7.73. The van der Waals surface area contributed by atoms with E-state index >= 15 is 0 Å². The predicted molar refractivity (Wildman–Crippen MR) is 67.5 cm³/mol. The molecule has 0 bridgehead atoms. The van der Waals surface area contributed by atoms with Gasteiger partial charge in [0.1, 0.15) is 0 Å². The predicted octanol–water partition coefficient (Wildman–Crippen LogP) is 1.85. The van der Waals surface area contributed by atoms with Crippen LogP contribution in [0.15, 0.2) is 24.3 Å². The highest BCUT2D eigenvalue weighted by atomic mass is 32.2. The van der Waals surface area contributed by atoms with Gasteiger partial charge in [0.05, 0.1) is 17.6 Å². The fourth-order valence-corrected chi connectivity index (χ4v) is 4.18. The quantitative estimate of drug-likeness (QED) is 0.895. The molecule has 2 atom stereocenters. The molecule has 1 N–H and O–H groups in total. The summed E-state index contributed by atoms with van der Waals surface area (Å²) in [7, 11) is -2.84. The molecule has 2 unspecified atom stereocenters. The van der Waals surface area contributed by atoms with Gasteiger partial charge in [-0.1, -0.05) is 29.8 Å². The number of aliphatic hydroxyl groups is 1. The van der Waals surface area contributed by atoms with Crippen molar-refractivity contribution in [1.82, 2.24) is 0 Å². The lowest BCUT2D eigenvalue weighted by molar-refractivity contribution is 0.148. The second-order valence-corrected chi connectivity index (χ2v) is 7.16. The smallest absolute Gasteiger partial charge is 0.150 e. The second kappa shape index (κ2) is 4.78. The Morgan fingerprint density at radius 2 is 2.00 bits per heavy atom. The average Bonchev–Trinajstić information content (AvgIpc) is 2.59. The van der Waals surface area contributed by atoms with Gasteiger partial charge in [0, 0.05) is 0 Å². The Morgan fingerprint density at radius 1 is 1.35 bits per heavy atom. The SMILES string of the molecule is Cc1ccc(C(O)CC2CCS(=O)(=O)C2)cc1. The van der Waals surface area contributed by atoms with Crippen molar-refractivity contribution in [2.45, 2.75) is 25.9 Å². The molecule has 0 aliphatic carbocycles. The van der Waals surface area contributed by atoms with Gasteiger partial charge >= 0.3 is 0 Å². The molecule has 17 heavy (non-hydrogen) atoms. The van der Waals surface area contributed by atoms with E-state index in [2.05, 4.69) is 0 Å². The molecule has 4 heteroatoms. The summed E-state index contributed by atoms with van der Waals surface area (Å²) in [5.74, 6) is 0.616. The van der Waals surface area contributed by atoms with Crippen LogP contribution in [0.4, 0.5) is 0 Å². The zero-order valence-corrected chi connectivity index (χ0v) is 10.8. The van der Waals surface area contributed by atoms with Gasteiger partial charge in [-0.25, -0.2) is 8.42 Å². The zero-order chi connectivity index (χ0) is 12.5. The summed E-state index contributed by atoms with van der Waals surface area (Å²) in [5, 5.41) is 10.0. The van der Waals surface area contributed by atoms with Gasteiger partial charge in [0.2, 0.25) is 0 Å². The summed E-state index contributed by atoms with van der Waals surface area (Å²) in [4.78, 5) is 0. The molecular weight excluding hydrogens is 236 g/mol. The summed E-state index contributed by atoms with van der Waals surface area (Å²) >= 11 is 0. The Balaban J connectivity index is 1.98. The minimum absolute atomic E-state index is 0.108. The van der Waals surface area contributed by atoms with E-state index in [4.69, 9.17) is 0 Å². The van der Waals surface area contributed by atoms with Crippen LogP contribution in [0.25, 0.3) is 0 Å². The minimum Gasteiger partial charge on any atom is -0.388 e. The van der Waals surface area contributed by atoms with E-state index < -0.39 is 15.9 Å². The molecule has 0 radical (unpaired) electrons. The largest absolute Gasteiger partial charge is 0.388 e. The first kappa shape index (κ1) is 12.6. The average molecular weight is 254 g/mol. The highest BCUT2D eigenvalue weighted by molar-refractivity contribution is 7.91. The molecule has 0 aromatic heterocycles. The van der Waals surface area contributed by atoms with Crippen LogP contribution in [-0.2, 0) is 9.84 Å². The van der Waals surface area contributed by atoms with Gasteiger partial charge in [0.25, 0.3) is 0 Å². The monoisotopic (exact) mass is 254 g/mol. The van der Waals surface area contributed by atoms with Crippen molar-refractivity contribution in [2.24, 2.45) is 5.92 Å². The molecule has 1 heterocycles. The molecule has 1 aromatic carbocycles. The molecule has 1 aromatic rings. The lowest BCUT2D eigenvalue weighted by Crippen LogP contribution is -2.09. The fourth-order valence-electron chi connectivity index (χ4n) is 2.30. The molecule has 1 aliphatic rings. The van der Waals surface area contributed by atoms with E-state index in [9.17, 15) is 13.5 Å². The third-order valence-corrected chi connectivity index (χ3v) is 5.18. The minimum atomic E-state index is -2.84. The van der Waals surface area contributed by atoms with Crippen LogP contribution >= 0.6 is 0 Å². The summed E-state index contributed by atoms with van der Waals surface area (Å²) in [6, 6.07) is 7.74. The van der Waals surface area contributed by atoms with E-state index in [1.54, 1.807) is 0 Å². The second-order valence-electron chi connectivity index (χ2n) is 4.93. The highest BCUT2D eigenvalue weighted by Crippen LogP contribution is 2.28. The number of aryl methyl sites for hydroxylation is 1. The van der Waals surface area contributed by atoms with E-state index in [-0.39, 0.29) is 17.4 Å². The number of hydrogen-bond donors (Lipinski definition) is 1. The van der Waals surface area contributed by atoms with Crippen molar-refractivity contribution >= 4 is 9.84 Å². The van der Waals surface area contributed by atoms with Gasteiger partial charge in [-0.05, 0) is 31.2 Å². The van der Waals surface area contributed by atoms with Gasteiger partial charge < -0.3 is 5.11 Å². The van der Waals surface area contributed by atoms with Crippen molar-refractivity contribution < 1.29 is 13.5 Å². The molecule has 0 spiro atoms. The van der Waals surface area contributed by atoms with Crippen LogP contribution in [0, 0.1) is 12.8 Å². The van der Waals surface area contributed by atoms with Crippen molar-refractivity contribution in [3.63, 3.8) is 0 Å². The van der Waals surface area contributed by atoms with Gasteiger partial charge in [-0.2, -0.15) is 0 Å². The van der Waals surface area contributed by atoms with E-state index in [1.807, 2.05) is 31.2 Å². The maximum Gasteiger partial charge on any atom is 0.150 e. The maximum absolute atomic E-state index is 11.3. The summed E-state index contributed by atoms with van der Waals surface area (Å²) in [6.07, 6.45) is 0.682. The zero-order valence-electron chi connectivity index (χ0n) is 9.96. The van der Waals surface area contributed by atoms with Gasteiger partial charge in [-0.15, -0.1) is 0 Å². The standard InChI is InChI=1S/C13H18O3S/c1-10-2-4-12(5-3-10)13(14)8-11-6-7-17(15,16)9-11/h2-5,11,13-14H,6-9H2,1H3. The van der Waals surface area contributed by atoms with Crippen LogP contribution in [0.3, 0.4) is 0 Å². The number of sulfone groups is 1. The van der Waals surface area contributed by atoms with Crippen molar-refractivity contribution in [3.8, 4) is 0 Å². The Labute approximate surface area is 102 Å². The Morgan fingerprint density at radius 3 is 2.53 bits per heavy atom. The normalized spacial score (nSPS) is 24.7. The third-order valence-electron chi connectivity index (χ3n) is 3.35. The molecule has 2 rings (SSSR count). The third kappa shape index (κ3) is 3.30. The lowest BCUT2D eigenvalue weighted by atomic mass is 9.96. The molecule has 1 aliphatic heterocycles. The van der Waals surface area contributed by atoms with E-state index in [0.717, 1.165) is 11.1 Å². The molecule has 94 valence electrons. The van der Waals surface area contributed by atoms with Crippen molar-refractivity contribution in [1.29, 1.82) is 0 Å². The number of benzene rings is 1. The lowest BCUT2D eigenvalue weighted by Gasteiger charge is -2.14. The van der Waals surface area contributed by atoms with Gasteiger partial charge in [0.15, 0.2) is 9.84 Å². The molecule has 0 saturated carbocycles. The van der Waals surface area contributed by atoms with E-state index in [0.29, 0.717) is 12.8 Å². The van der Waals surface area contributed by atoms with Crippen LogP contribution in [0.5, 0.6) is 0 Å². The topological polar surface area (TPSA) is 54.4 Å². The van der Waals surface area contributed by atoms with Crippen LogP contribution in [0.1, 0.15) is 30.1 Å². The first-order chi connectivity index (χ1) is 7.96. The summed E-state index contributed by atoms with van der Waals surface area (Å²) < 4.78 is 22.6. The van der Waals surface area contributed by atoms with E-state index in [1.165, 1.54) is 0 Å². The Bertz CT molecular complexity index is 476. The summed E-state index contributed by atoms with van der Waals surface area (Å²) in [5.41, 5.74) is 2.03. The number of hydrogen-bond acceptors (Lipinski definition) is 3. The molecular formula is C13H18O3S. The number of aliphatic hydroxyl groups excluding tert-OH is 1. The molecule has 1 saturated heterocycles. The number of rotatable bonds is 3. The molecule has 0 amide bonds. The van der Waals surface area contributed by atoms with Crippen LogP contribution < -0.4 is 0 Å². The Kier molecular flexibility index (Phi) is 3.54. The van der Waals surface area contributed by atoms with Crippen LogP contribution in [0.2, 0.25) is 0 Å². The van der Waals surface area contributed by atoms with Crippen molar-refractivity contribution in [3.05, 3.63) is 35.4 Å². The maximum atomic E-state index is 11.3. The molecule has 3 nitrogen and oxygen atoms in total. The van der Waals surface area contributed by atoms with Crippen molar-refractivity contribution in [2.75, 3.05) is 11.5 Å².